The molecule has 1 saturated carbocycles. The third-order valence-corrected chi connectivity index (χ3v) is 5.22. The van der Waals surface area contributed by atoms with Crippen molar-refractivity contribution in [3.05, 3.63) is 29.1 Å². The second-order valence-corrected chi connectivity index (χ2v) is 7.06. The molecule has 2 aliphatic rings. The Bertz CT molecular complexity index is 739. The Morgan fingerprint density at radius 3 is 2.60 bits per heavy atom. The van der Waals surface area contributed by atoms with Gasteiger partial charge >= 0.3 is 5.97 Å². The highest BCUT2D eigenvalue weighted by Crippen LogP contribution is 2.33. The Labute approximate surface area is 144 Å². The van der Waals surface area contributed by atoms with E-state index >= 15 is 0 Å². The van der Waals surface area contributed by atoms with E-state index in [1.54, 1.807) is 0 Å². The maximum absolute atomic E-state index is 14.3. The molecular formula is C18H21FN2O4. The Morgan fingerprint density at radius 1 is 1.28 bits per heavy atom. The van der Waals surface area contributed by atoms with Crippen LogP contribution < -0.4 is 10.6 Å². The molecule has 1 aromatic carbocycles. The average molecular weight is 348 g/mol. The number of aliphatic carboxylic acids is 1. The lowest BCUT2D eigenvalue weighted by atomic mass is 9.77. The number of carboxylic acids is 1. The lowest BCUT2D eigenvalue weighted by Crippen LogP contribution is -2.56. The quantitative estimate of drug-likeness (QED) is 0.782. The van der Waals surface area contributed by atoms with Gasteiger partial charge in [0.15, 0.2) is 0 Å². The van der Waals surface area contributed by atoms with Gasteiger partial charge < -0.3 is 15.7 Å². The topological polar surface area (TPSA) is 95.5 Å². The van der Waals surface area contributed by atoms with Crippen molar-refractivity contribution in [1.82, 2.24) is 5.32 Å². The Kier molecular flexibility index (Phi) is 4.49. The predicted molar refractivity (Wildman–Crippen MR) is 88.8 cm³/mol. The summed E-state index contributed by atoms with van der Waals surface area (Å²) in [6.45, 7) is 2.05. The number of nitrogens with one attached hydrogen (secondary N) is 2. The number of aryl methyl sites for hydroxylation is 1. The van der Waals surface area contributed by atoms with E-state index in [1.807, 2.05) is 6.92 Å². The standard InChI is InChI=1S/C18H21FN2O4/c1-10-4-6-18(7-5-10,17(24)25)21-16(23)12-8-11-2-3-15(22)20-14(11)9-13(12)19/h8-10H,2-7H2,1H3,(H,20,22)(H,21,23)(H,24,25). The van der Waals surface area contributed by atoms with Gasteiger partial charge in [-0.3, -0.25) is 9.59 Å². The first-order valence-electron chi connectivity index (χ1n) is 8.49. The number of carbonyl (C=O) groups is 3. The second-order valence-electron chi connectivity index (χ2n) is 7.06. The largest absolute Gasteiger partial charge is 0.480 e. The minimum atomic E-state index is -1.35. The van der Waals surface area contributed by atoms with Crippen LogP contribution in [0.15, 0.2) is 12.1 Å². The summed E-state index contributed by atoms with van der Waals surface area (Å²) in [6, 6.07) is 2.53. The number of hydrogen-bond donors (Lipinski definition) is 3. The second kappa shape index (κ2) is 6.46. The van der Waals surface area contributed by atoms with Gasteiger partial charge in [-0.1, -0.05) is 6.92 Å². The highest BCUT2D eigenvalue weighted by molar-refractivity contribution is 6.00. The van der Waals surface area contributed by atoms with Crippen molar-refractivity contribution in [2.45, 2.75) is 51.0 Å². The first-order chi connectivity index (χ1) is 11.8. The highest BCUT2D eigenvalue weighted by Gasteiger charge is 2.43. The third-order valence-electron chi connectivity index (χ3n) is 5.22. The van der Waals surface area contributed by atoms with Gasteiger partial charge in [-0.05, 0) is 55.7 Å². The van der Waals surface area contributed by atoms with Crippen molar-refractivity contribution >= 4 is 23.5 Å². The van der Waals surface area contributed by atoms with Crippen LogP contribution in [0.3, 0.4) is 0 Å². The monoisotopic (exact) mass is 348 g/mol. The van der Waals surface area contributed by atoms with Gasteiger partial charge in [0, 0.05) is 12.1 Å². The number of benzene rings is 1. The number of fused-ring (bicyclic) bond motifs is 1. The number of halogens is 1. The van der Waals surface area contributed by atoms with Crippen LogP contribution in [-0.4, -0.2) is 28.4 Å². The summed E-state index contributed by atoms with van der Waals surface area (Å²) in [6.07, 6.45) is 2.76. The molecule has 0 spiro atoms. The fourth-order valence-electron chi connectivity index (χ4n) is 3.51. The molecule has 1 heterocycles. The van der Waals surface area contributed by atoms with Crippen molar-refractivity contribution in [2.24, 2.45) is 5.92 Å². The van der Waals surface area contributed by atoms with E-state index in [2.05, 4.69) is 10.6 Å². The van der Waals surface area contributed by atoms with Gasteiger partial charge in [0.25, 0.3) is 5.91 Å². The molecule has 3 rings (SSSR count). The fraction of sp³-hybridized carbons (Fsp3) is 0.500. The number of carboxylic acid groups (broad SMARTS) is 1. The zero-order chi connectivity index (χ0) is 18.2. The Morgan fingerprint density at radius 2 is 1.96 bits per heavy atom. The van der Waals surface area contributed by atoms with Crippen LogP contribution in [-0.2, 0) is 16.0 Å². The number of rotatable bonds is 3. The van der Waals surface area contributed by atoms with E-state index in [-0.39, 0.29) is 17.9 Å². The van der Waals surface area contributed by atoms with E-state index in [0.717, 1.165) is 6.07 Å². The number of carbonyl (C=O) groups excluding carboxylic acids is 2. The van der Waals surface area contributed by atoms with Crippen molar-refractivity contribution < 1.29 is 23.9 Å². The van der Waals surface area contributed by atoms with Gasteiger partial charge in [0.2, 0.25) is 5.91 Å². The van der Waals surface area contributed by atoms with Gasteiger partial charge in [-0.2, -0.15) is 0 Å². The van der Waals surface area contributed by atoms with E-state index in [9.17, 15) is 23.9 Å². The normalized spacial score (nSPS) is 25.7. The molecule has 1 aromatic rings. The summed E-state index contributed by atoms with van der Waals surface area (Å²) in [5.74, 6) is -2.37. The molecule has 0 aromatic heterocycles. The van der Waals surface area contributed by atoms with Gasteiger partial charge in [-0.15, -0.1) is 0 Å². The van der Waals surface area contributed by atoms with E-state index in [4.69, 9.17) is 0 Å². The molecule has 3 N–H and O–H groups in total. The number of amides is 2. The lowest BCUT2D eigenvalue weighted by molar-refractivity contribution is -0.146. The molecule has 0 saturated heterocycles. The molecule has 2 amide bonds. The van der Waals surface area contributed by atoms with E-state index in [1.165, 1.54) is 6.07 Å². The maximum atomic E-state index is 14.3. The molecule has 134 valence electrons. The van der Waals surface area contributed by atoms with Crippen LogP contribution in [0.25, 0.3) is 0 Å². The Hall–Kier alpha value is -2.44. The van der Waals surface area contributed by atoms with Crippen molar-refractivity contribution in [3.8, 4) is 0 Å². The summed E-state index contributed by atoms with van der Waals surface area (Å²) in [4.78, 5) is 35.7. The van der Waals surface area contributed by atoms with Crippen LogP contribution in [0, 0.1) is 11.7 Å². The van der Waals surface area contributed by atoms with Gasteiger partial charge in [0.05, 0.1) is 5.56 Å². The zero-order valence-electron chi connectivity index (χ0n) is 14.0. The SMILES string of the molecule is CC1CCC(NC(=O)c2cc3c(cc2F)NC(=O)CC3)(C(=O)O)CC1. The highest BCUT2D eigenvalue weighted by atomic mass is 19.1. The number of anilines is 1. The van der Waals surface area contributed by atoms with Gasteiger partial charge in [-0.25, -0.2) is 9.18 Å². The fourth-order valence-corrected chi connectivity index (χ4v) is 3.51. The summed E-state index contributed by atoms with van der Waals surface area (Å²) >= 11 is 0. The molecule has 25 heavy (non-hydrogen) atoms. The first-order valence-corrected chi connectivity index (χ1v) is 8.49. The molecule has 6 nitrogen and oxygen atoms in total. The smallest absolute Gasteiger partial charge is 0.329 e. The summed E-state index contributed by atoms with van der Waals surface area (Å²) in [5, 5.41) is 14.7. The van der Waals surface area contributed by atoms with Crippen molar-refractivity contribution in [3.63, 3.8) is 0 Å². The van der Waals surface area contributed by atoms with Gasteiger partial charge in [0.1, 0.15) is 11.4 Å². The first kappa shape index (κ1) is 17.4. The molecule has 1 fully saturated rings. The molecule has 7 heteroatoms. The molecule has 1 aliphatic heterocycles. The Balaban J connectivity index is 1.85. The third kappa shape index (κ3) is 3.36. The summed E-state index contributed by atoms with van der Waals surface area (Å²) < 4.78 is 14.3. The molecule has 0 unspecified atom stereocenters. The molecule has 0 bridgehead atoms. The lowest BCUT2D eigenvalue weighted by Gasteiger charge is -2.36. The maximum Gasteiger partial charge on any atom is 0.329 e. The van der Waals surface area contributed by atoms with Crippen LogP contribution in [0.5, 0.6) is 0 Å². The molecule has 0 radical (unpaired) electrons. The molecule has 1 aliphatic carbocycles. The van der Waals surface area contributed by atoms with Crippen LogP contribution in [0.4, 0.5) is 10.1 Å². The predicted octanol–water partition coefficient (Wildman–Crippen LogP) is 2.47. The number of hydrogen-bond acceptors (Lipinski definition) is 3. The van der Waals surface area contributed by atoms with E-state index < -0.39 is 23.2 Å². The van der Waals surface area contributed by atoms with Crippen molar-refractivity contribution in [2.75, 3.05) is 5.32 Å². The summed E-state index contributed by atoms with van der Waals surface area (Å²) in [7, 11) is 0. The molecule has 0 atom stereocenters. The van der Waals surface area contributed by atoms with Crippen molar-refractivity contribution in [1.29, 1.82) is 0 Å². The average Bonchev–Trinajstić information content (AvgIpc) is 2.56. The zero-order valence-corrected chi connectivity index (χ0v) is 14.0. The van der Waals surface area contributed by atoms with Crippen LogP contribution in [0.2, 0.25) is 0 Å². The molecular weight excluding hydrogens is 327 g/mol. The van der Waals surface area contributed by atoms with Crippen LogP contribution in [0.1, 0.15) is 54.9 Å². The van der Waals surface area contributed by atoms with E-state index in [0.29, 0.717) is 49.3 Å². The minimum Gasteiger partial charge on any atom is -0.480 e. The summed E-state index contributed by atoms with van der Waals surface area (Å²) in [5.41, 5.74) is -0.494. The minimum absolute atomic E-state index is 0.186. The van der Waals surface area contributed by atoms with Crippen LogP contribution >= 0.6 is 0 Å².